The average Bonchev–Trinajstić information content (AvgIpc) is 1.54. The van der Waals surface area contributed by atoms with Crippen molar-refractivity contribution in [3.63, 3.8) is 0 Å². The number of aliphatic hydroxyl groups excluding tert-OH is 9. The van der Waals surface area contributed by atoms with Crippen LogP contribution in [0.15, 0.2) is 131 Å². The van der Waals surface area contributed by atoms with Gasteiger partial charge >= 0.3 is 58.6 Å². The van der Waals surface area contributed by atoms with Gasteiger partial charge in [0.25, 0.3) is 39.0 Å². The molecular weight excluding hydrogens is 1760 g/mol. The molecule has 6 aliphatic heterocycles. The van der Waals surface area contributed by atoms with Crippen molar-refractivity contribution in [1.82, 2.24) is 57.3 Å². The molecule has 0 radical (unpaired) electrons. The molecule has 6 saturated heterocycles. The Morgan fingerprint density at radius 3 is 0.913 bits per heavy atom. The molecule has 12 heterocycles. The summed E-state index contributed by atoms with van der Waals surface area (Å²) in [6.07, 6.45) is -64.4. The minimum atomic E-state index is -5.75. The van der Waals surface area contributed by atoms with Gasteiger partial charge in [0.05, 0.1) is 51.6 Å². The van der Waals surface area contributed by atoms with E-state index in [1.165, 1.54) is 21.9 Å². The summed E-state index contributed by atoms with van der Waals surface area (Å²) in [5.41, 5.74) is -37.1. The lowest BCUT2D eigenvalue weighted by atomic mass is 9.90. The van der Waals surface area contributed by atoms with Gasteiger partial charge in [0.1, 0.15) is 72.7 Å². The second kappa shape index (κ2) is 34.4. The van der Waals surface area contributed by atoms with E-state index >= 15 is 0 Å². The van der Waals surface area contributed by atoms with Crippen molar-refractivity contribution >= 4 is 0 Å². The first-order valence-electron chi connectivity index (χ1n) is 42.1. The van der Waals surface area contributed by atoms with E-state index < -0.39 is 339 Å². The van der Waals surface area contributed by atoms with E-state index in [1.807, 2.05) is 4.98 Å². The summed E-state index contributed by atoms with van der Waals surface area (Å²) < 4.78 is 298. The lowest BCUT2D eigenvalue weighted by molar-refractivity contribution is -0.305. The Kier molecular flexibility index (Phi) is 22.4. The zero-order chi connectivity index (χ0) is 105. The van der Waals surface area contributed by atoms with Crippen LogP contribution in [0.1, 0.15) is 127 Å². The highest BCUT2D eigenvalue weighted by molar-refractivity contribution is 5.18. The van der Waals surface area contributed by atoms with Crippen molar-refractivity contribution in [2.45, 2.75) is 271 Å². The second-order valence-electron chi connectivity index (χ2n) is 30.4. The van der Waals surface area contributed by atoms with E-state index in [9.17, 15) is 191 Å². The molecule has 0 amide bonds. The monoisotopic (exact) mass is 1850 g/mol. The zero-order valence-electron chi connectivity index (χ0n) is 76.0. The van der Waals surface area contributed by atoms with Gasteiger partial charge in [-0.3, -0.25) is 86.1 Å². The van der Waals surface area contributed by atoms with Crippen LogP contribution in [-0.4, -0.2) is 295 Å². The van der Waals surface area contributed by atoms with E-state index in [4.69, 9.17) is 40.1 Å². The Morgan fingerprint density at radius 2 is 0.595 bits per heavy atom. The van der Waals surface area contributed by atoms with Crippen LogP contribution in [0.5, 0.6) is 0 Å². The Bertz CT molecular complexity index is 6230. The lowest BCUT2D eigenvalue weighted by Crippen LogP contribution is -2.59. The molecule has 9 fully saturated rings. The number of H-pyrrole nitrogens is 6. The number of aliphatic hydroxyl groups is 15. The van der Waals surface area contributed by atoms with E-state index in [0.717, 1.165) is 27.7 Å². The number of aromatic amines is 6. The maximum absolute atomic E-state index is 14.9. The minimum Gasteiger partial charge on any atom is -0.391 e. The lowest BCUT2D eigenvalue weighted by Gasteiger charge is -2.33. The average molecular weight is 1850 g/mol. The van der Waals surface area contributed by atoms with Gasteiger partial charge in [-0.05, 0) is 73.1 Å². The molecule has 6 aromatic rings. The number of alkyl halides is 13. The van der Waals surface area contributed by atoms with Crippen molar-refractivity contribution in [3.8, 4) is 0 Å². The zero-order valence-corrected chi connectivity index (χ0v) is 64.0. The molecule has 26 atom stereocenters. The van der Waals surface area contributed by atoms with Crippen LogP contribution >= 0.6 is 0 Å². The number of halogens is 13. The molecule has 9 aliphatic rings. The molecule has 0 aromatic carbocycles. The van der Waals surface area contributed by atoms with Gasteiger partial charge in [-0.1, -0.05) is 0 Å². The largest absolute Gasteiger partial charge is 0.429 e. The van der Waals surface area contributed by atoms with Crippen LogP contribution < -0.4 is 67.5 Å². The second-order valence-corrected chi connectivity index (χ2v) is 30.4. The number of rotatable bonds is 12. The first-order chi connectivity index (χ1) is 62.8. The Balaban J connectivity index is 0.000000171. The van der Waals surface area contributed by atoms with Gasteiger partial charge in [0.15, 0.2) is 42.9 Å². The summed E-state index contributed by atoms with van der Waals surface area (Å²) in [5.74, 6) is -3.99. The first-order valence-corrected chi connectivity index (χ1v) is 36.1. The van der Waals surface area contributed by atoms with Crippen LogP contribution in [0.2, 0.25) is 0 Å². The number of hydrogen-bond donors (Lipinski definition) is 21. The fourth-order valence-corrected chi connectivity index (χ4v) is 13.7. The summed E-state index contributed by atoms with van der Waals surface area (Å²) in [7, 11) is 0. The third-order valence-electron chi connectivity index (χ3n) is 21.2. The molecule has 6 aromatic heterocycles. The molecule has 126 heavy (non-hydrogen) atoms. The Hall–Kier alpha value is -9.67. The molecule has 15 rings (SSSR count). The number of nitrogens with zero attached hydrogens (tertiary/aromatic N) is 6. The molecular formula is C68H81F13N12O33. The highest BCUT2D eigenvalue weighted by Gasteiger charge is 2.77. The Morgan fingerprint density at radius 1 is 0.349 bits per heavy atom. The van der Waals surface area contributed by atoms with Gasteiger partial charge in [-0.25, -0.2) is 37.5 Å². The SMILES string of the molecule is [2H]c1c([2H])n([C@@H]2O[C@H](C(C)O)C(O)C2(F)F)c(=O)[nH]c1=O.[2H]c1c([2H])n([C@@H]2O[C@H](C(C)O)C(O)[C@]2(F)C(F)(F)F)c(=O)[nH]c1=O.[2H]c1c([2H])n([C@@H]2O[C@H](C(C)O)C(O)[C@]2(O)C(F)(F)F)c(=O)[nH]c1=O.[2H]c1c([2H])n([C@@H]2O[C@H](C3(O)CC3)C(O)[C@@]2(C)F)c(=O)[nH]c1=O.[2H]c1c([2H])n([C@@H]2O[C@H](C3(O)CC3)C(O)[C@@]2(C)O)c(=O)[nH]c1=O.[2H]c1c([2H])n([C@@H]2O[C@H](C3(O)CC3)C(O)[C@]2(O)C(F)(F)F)c(=O)[nH]c1=O. The normalized spacial score (nSPS) is 36.8. The third-order valence-corrected chi connectivity index (χ3v) is 21.2. The molecule has 45 nitrogen and oxygen atoms in total. The van der Waals surface area contributed by atoms with Crippen molar-refractivity contribution in [2.24, 2.45) is 0 Å². The van der Waals surface area contributed by atoms with Crippen molar-refractivity contribution in [1.29, 1.82) is 0 Å². The molecule has 21 N–H and O–H groups in total. The predicted octanol–water partition coefficient (Wildman–Crippen LogP) is -7.54. The fourth-order valence-electron chi connectivity index (χ4n) is 13.7. The van der Waals surface area contributed by atoms with E-state index in [-0.39, 0.29) is 31.1 Å². The van der Waals surface area contributed by atoms with Crippen LogP contribution in [0.25, 0.3) is 0 Å². The van der Waals surface area contributed by atoms with Crippen LogP contribution in [0.3, 0.4) is 0 Å². The topological polar surface area (TPSA) is 688 Å². The van der Waals surface area contributed by atoms with Crippen molar-refractivity contribution in [3.05, 3.63) is 198 Å². The van der Waals surface area contributed by atoms with Gasteiger partial charge < -0.3 is 105 Å². The highest BCUT2D eigenvalue weighted by Crippen LogP contribution is 2.57. The standard InChI is InChI=1S/C12H13F3N2O6.C12H15FN2O5.C12H16N2O6.C11H12F4N2O5.C11H13F3N2O6.C10H12F2N2O5/c13-12(14,15)11(22)6(19)7(10(21)2-3-10)23-8(11)17-4-1-5(18)16-9(17)20;1-11(13)7(17)8(12(19)3-4-12)20-9(11)15-5-2-6(16)14-10(15)18;1-11(18)7(16)8(12(19)3-4-12)20-9(11)14-5-2-6(15)13-10(14)17;1-4(18)6-7(20)10(12,11(13,14)15)8(22-6)17-3-2-5(19)16-9(17)21;1-4(17)6-7(19)10(21,11(12,13)14)8(22-6)16-3-2-5(18)15-9(16)20;1-4(15)6-7(17)10(11,12)8(19-6)14-3-2-5(16)13-9(14)18/h1,4,6-8,19,21-22H,2-3H2,(H,16,18,20);2,5,7-9,17,19H,3-4H2,1H3,(H,14,16,18);2,5,7-9,16,18-19H,3-4H2,1H3,(H,13,15,17);2-4,6-8,18,20H,1H3,(H,16,19,21);2-4,6-8,17,19,21H,1H3,(H,15,18,20);2-4,6-8,15,17H,1H3,(H,13,16,18)/t6?,7-,8+,11+;2*7?,8-,9+,11+;2*4?,6-,7?,8-,10-;4?,6-,7?,8-/m000111/s1/i1D,4D;2*2D,5D;3*2D,3D. The van der Waals surface area contributed by atoms with Crippen LogP contribution in [0.4, 0.5) is 57.1 Å². The summed E-state index contributed by atoms with van der Waals surface area (Å²) in [4.78, 5) is 148. The van der Waals surface area contributed by atoms with E-state index in [2.05, 4.69) is 4.74 Å². The van der Waals surface area contributed by atoms with Gasteiger partial charge in [-0.2, -0.15) is 48.3 Å². The summed E-state index contributed by atoms with van der Waals surface area (Å²) in [5, 5.41) is 148. The Labute approximate surface area is 704 Å². The molecule has 0 spiro atoms. The van der Waals surface area contributed by atoms with Crippen molar-refractivity contribution in [2.75, 3.05) is 0 Å². The molecule has 9 unspecified atom stereocenters. The van der Waals surface area contributed by atoms with Gasteiger partial charge in [-0.15, -0.1) is 0 Å². The number of hydrogen-bond acceptors (Lipinski definition) is 33. The smallest absolute Gasteiger partial charge is 0.391 e. The maximum atomic E-state index is 14.9. The molecule has 3 saturated carbocycles. The summed E-state index contributed by atoms with van der Waals surface area (Å²) in [6.45, 7) is 5.21. The minimum absolute atomic E-state index is 0.00727. The van der Waals surface area contributed by atoms with E-state index in [0.29, 0.717) is 34.8 Å². The quantitative estimate of drug-likeness (QED) is 0.0506. The first kappa shape index (κ1) is 82.0. The highest BCUT2D eigenvalue weighted by atomic mass is 19.4. The third kappa shape index (κ3) is 18.2. The fraction of sp³-hybridized carbons (Fsp3) is 0.647. The number of aromatic nitrogens is 12. The van der Waals surface area contributed by atoms with Crippen LogP contribution in [0, 0.1) is 0 Å². The van der Waals surface area contributed by atoms with Gasteiger partial charge in [0.2, 0.25) is 17.4 Å². The number of nitrogens with one attached hydrogen (secondary N) is 6. The predicted molar refractivity (Wildman–Crippen MR) is 382 cm³/mol. The maximum Gasteiger partial charge on any atom is 0.429 e. The summed E-state index contributed by atoms with van der Waals surface area (Å²) >= 11 is 0. The molecule has 3 aliphatic carbocycles. The van der Waals surface area contributed by atoms with Crippen molar-refractivity contribution < 1.29 is 179 Å². The van der Waals surface area contributed by atoms with Crippen LogP contribution in [-0.2, 0) is 28.4 Å². The number of ether oxygens (including phenoxy) is 6. The van der Waals surface area contributed by atoms with Gasteiger partial charge in [0, 0.05) is 73.3 Å². The molecule has 702 valence electrons. The summed E-state index contributed by atoms with van der Waals surface area (Å²) in [6, 6.07) is -6.04. The molecule has 58 heteroatoms. The van der Waals surface area contributed by atoms with E-state index in [1.54, 1.807) is 9.97 Å². The molecule has 0 bridgehead atoms.